The molecule has 0 aromatic carbocycles. The molecule has 0 saturated carbocycles. The fraction of sp³-hybridized carbons (Fsp3) is 0.647. The summed E-state index contributed by atoms with van der Waals surface area (Å²) in [6, 6.07) is -0.366. The van der Waals surface area contributed by atoms with Crippen molar-refractivity contribution in [3.63, 3.8) is 0 Å². The van der Waals surface area contributed by atoms with Gasteiger partial charge in [0.25, 0.3) is 5.91 Å². The van der Waals surface area contributed by atoms with Crippen molar-refractivity contribution in [2.75, 3.05) is 19.8 Å². The number of morpholine rings is 1. The average Bonchev–Trinajstić information content (AvgIpc) is 3.23. The summed E-state index contributed by atoms with van der Waals surface area (Å²) in [6.45, 7) is 10.3. The highest BCUT2D eigenvalue weighted by Gasteiger charge is 2.34. The highest BCUT2D eigenvalue weighted by Crippen LogP contribution is 2.26. The van der Waals surface area contributed by atoms with Gasteiger partial charge in [0.2, 0.25) is 11.8 Å². The average molecular weight is 347 g/mol. The Labute approximate surface area is 147 Å². The molecule has 1 amide bonds. The number of hydrogen-bond acceptors (Lipinski definition) is 6. The van der Waals surface area contributed by atoms with E-state index in [-0.39, 0.29) is 17.9 Å². The number of carbonyl (C=O) groups excluding carboxylic acids is 1. The van der Waals surface area contributed by atoms with Crippen LogP contribution >= 0.6 is 0 Å². The standard InChI is InChI=1S/C17H25N5O3/c1-11(2)8-21-9-13(7-18-21)17(23)22-5-6-24-10-14(22)16-20-19-15(25-16)12(3)4/h7,9,11-12,14H,5-6,8,10H2,1-4H3/t14-/m0/s1. The SMILES string of the molecule is CC(C)Cn1cc(C(=O)N2CCOC[C@H]2c2nnc(C(C)C)o2)cn1. The zero-order valence-corrected chi connectivity index (χ0v) is 15.2. The molecule has 1 saturated heterocycles. The summed E-state index contributed by atoms with van der Waals surface area (Å²) in [4.78, 5) is 14.7. The first kappa shape index (κ1) is 17.6. The highest BCUT2D eigenvalue weighted by atomic mass is 16.5. The van der Waals surface area contributed by atoms with Gasteiger partial charge < -0.3 is 14.1 Å². The first-order valence-corrected chi connectivity index (χ1v) is 8.70. The van der Waals surface area contributed by atoms with Crippen molar-refractivity contribution in [1.82, 2.24) is 24.9 Å². The summed E-state index contributed by atoms with van der Waals surface area (Å²) in [6.07, 6.45) is 3.41. The second-order valence-electron chi connectivity index (χ2n) is 7.07. The minimum absolute atomic E-state index is 0.0902. The van der Waals surface area contributed by atoms with Crippen molar-refractivity contribution in [1.29, 1.82) is 0 Å². The van der Waals surface area contributed by atoms with Crippen LogP contribution in [0, 0.1) is 5.92 Å². The molecule has 0 aliphatic carbocycles. The van der Waals surface area contributed by atoms with Gasteiger partial charge >= 0.3 is 0 Å². The summed E-state index contributed by atoms with van der Waals surface area (Å²) in [5.41, 5.74) is 0.566. The van der Waals surface area contributed by atoms with Crippen LogP contribution in [-0.2, 0) is 11.3 Å². The number of ether oxygens (including phenoxy) is 1. The Morgan fingerprint density at radius 2 is 2.12 bits per heavy atom. The normalized spacial score (nSPS) is 18.3. The van der Waals surface area contributed by atoms with Crippen LogP contribution in [0.5, 0.6) is 0 Å². The number of nitrogens with zero attached hydrogens (tertiary/aromatic N) is 5. The minimum Gasteiger partial charge on any atom is -0.423 e. The molecule has 0 bridgehead atoms. The molecule has 8 heteroatoms. The van der Waals surface area contributed by atoms with Crippen LogP contribution in [0.15, 0.2) is 16.8 Å². The molecule has 0 N–H and O–H groups in total. The van der Waals surface area contributed by atoms with Crippen LogP contribution in [0.1, 0.15) is 61.8 Å². The molecule has 3 rings (SSSR count). The van der Waals surface area contributed by atoms with Crippen molar-refractivity contribution in [3.8, 4) is 0 Å². The fourth-order valence-electron chi connectivity index (χ4n) is 2.78. The van der Waals surface area contributed by atoms with Crippen LogP contribution in [0.25, 0.3) is 0 Å². The Bertz CT molecular complexity index is 721. The third kappa shape index (κ3) is 3.89. The van der Waals surface area contributed by atoms with Gasteiger partial charge in [0.1, 0.15) is 6.04 Å². The van der Waals surface area contributed by atoms with Crippen molar-refractivity contribution in [3.05, 3.63) is 29.7 Å². The molecule has 1 aliphatic rings. The van der Waals surface area contributed by atoms with Crippen molar-refractivity contribution < 1.29 is 13.9 Å². The van der Waals surface area contributed by atoms with Crippen LogP contribution in [-0.4, -0.2) is 50.5 Å². The van der Waals surface area contributed by atoms with Gasteiger partial charge in [-0.1, -0.05) is 27.7 Å². The van der Waals surface area contributed by atoms with Gasteiger partial charge in [0.15, 0.2) is 0 Å². The molecular weight excluding hydrogens is 322 g/mol. The molecule has 0 spiro atoms. The molecule has 25 heavy (non-hydrogen) atoms. The van der Waals surface area contributed by atoms with Gasteiger partial charge in [-0.05, 0) is 5.92 Å². The van der Waals surface area contributed by atoms with Crippen LogP contribution in [0.4, 0.5) is 0 Å². The van der Waals surface area contributed by atoms with E-state index < -0.39 is 0 Å². The van der Waals surface area contributed by atoms with E-state index in [1.54, 1.807) is 22.0 Å². The Morgan fingerprint density at radius 1 is 1.32 bits per heavy atom. The molecule has 0 radical (unpaired) electrons. The minimum atomic E-state index is -0.366. The Hall–Kier alpha value is -2.22. The van der Waals surface area contributed by atoms with Crippen LogP contribution < -0.4 is 0 Å². The lowest BCUT2D eigenvalue weighted by Crippen LogP contribution is -2.43. The van der Waals surface area contributed by atoms with E-state index in [0.717, 1.165) is 6.54 Å². The predicted octanol–water partition coefficient (Wildman–Crippen LogP) is 2.26. The Balaban J connectivity index is 1.80. The van der Waals surface area contributed by atoms with E-state index in [4.69, 9.17) is 9.15 Å². The van der Waals surface area contributed by atoms with E-state index in [9.17, 15) is 4.79 Å². The lowest BCUT2D eigenvalue weighted by Gasteiger charge is -2.33. The van der Waals surface area contributed by atoms with Gasteiger partial charge in [0, 0.05) is 25.2 Å². The predicted molar refractivity (Wildman–Crippen MR) is 90.0 cm³/mol. The first-order valence-electron chi connectivity index (χ1n) is 8.70. The van der Waals surface area contributed by atoms with Gasteiger partial charge in [-0.15, -0.1) is 10.2 Å². The fourth-order valence-corrected chi connectivity index (χ4v) is 2.78. The monoisotopic (exact) mass is 347 g/mol. The topological polar surface area (TPSA) is 86.3 Å². The number of amides is 1. The Kier molecular flexibility index (Phi) is 5.17. The molecule has 1 fully saturated rings. The summed E-state index contributed by atoms with van der Waals surface area (Å²) < 4.78 is 13.1. The van der Waals surface area contributed by atoms with Gasteiger partial charge in [-0.3, -0.25) is 9.48 Å². The first-order chi connectivity index (χ1) is 12.0. The van der Waals surface area contributed by atoms with E-state index in [1.165, 1.54) is 0 Å². The molecule has 8 nitrogen and oxygen atoms in total. The van der Waals surface area contributed by atoms with E-state index in [0.29, 0.717) is 43.0 Å². The van der Waals surface area contributed by atoms with Gasteiger partial charge in [-0.2, -0.15) is 5.10 Å². The van der Waals surface area contributed by atoms with E-state index >= 15 is 0 Å². The van der Waals surface area contributed by atoms with Gasteiger partial charge in [-0.25, -0.2) is 0 Å². The molecule has 1 atom stereocenters. The van der Waals surface area contributed by atoms with E-state index in [2.05, 4.69) is 29.1 Å². The van der Waals surface area contributed by atoms with Crippen molar-refractivity contribution in [2.24, 2.45) is 5.92 Å². The summed E-state index contributed by atoms with van der Waals surface area (Å²) >= 11 is 0. The third-order valence-electron chi connectivity index (χ3n) is 4.06. The molecule has 2 aromatic heterocycles. The third-order valence-corrected chi connectivity index (χ3v) is 4.06. The van der Waals surface area contributed by atoms with Crippen molar-refractivity contribution in [2.45, 2.75) is 46.2 Å². The number of aromatic nitrogens is 4. The second kappa shape index (κ2) is 7.35. The largest absolute Gasteiger partial charge is 0.423 e. The van der Waals surface area contributed by atoms with Gasteiger partial charge in [0.05, 0.1) is 25.0 Å². The summed E-state index contributed by atoms with van der Waals surface area (Å²) in [5.74, 6) is 1.51. The lowest BCUT2D eigenvalue weighted by atomic mass is 10.2. The van der Waals surface area contributed by atoms with Crippen molar-refractivity contribution >= 4 is 5.91 Å². The second-order valence-corrected chi connectivity index (χ2v) is 7.07. The summed E-state index contributed by atoms with van der Waals surface area (Å²) in [7, 11) is 0. The zero-order chi connectivity index (χ0) is 18.0. The molecule has 1 aliphatic heterocycles. The summed E-state index contributed by atoms with van der Waals surface area (Å²) in [5, 5.41) is 12.5. The zero-order valence-electron chi connectivity index (χ0n) is 15.2. The number of hydrogen-bond donors (Lipinski definition) is 0. The molecule has 2 aromatic rings. The molecule has 3 heterocycles. The molecule has 136 valence electrons. The maximum Gasteiger partial charge on any atom is 0.257 e. The maximum absolute atomic E-state index is 13.0. The number of rotatable bonds is 5. The van der Waals surface area contributed by atoms with E-state index in [1.807, 2.05) is 13.8 Å². The lowest BCUT2D eigenvalue weighted by molar-refractivity contribution is -0.0107. The molecule has 0 unspecified atom stereocenters. The quantitative estimate of drug-likeness (QED) is 0.824. The highest BCUT2D eigenvalue weighted by molar-refractivity contribution is 5.94. The smallest absolute Gasteiger partial charge is 0.257 e. The van der Waals surface area contributed by atoms with Crippen LogP contribution in [0.2, 0.25) is 0 Å². The van der Waals surface area contributed by atoms with Crippen LogP contribution in [0.3, 0.4) is 0 Å². The Morgan fingerprint density at radius 3 is 2.80 bits per heavy atom. The maximum atomic E-state index is 13.0. The molecular formula is C17H25N5O3. The number of carbonyl (C=O) groups is 1.